The predicted octanol–water partition coefficient (Wildman–Crippen LogP) is 6.36. The zero-order chi connectivity index (χ0) is 21.5. The van der Waals surface area contributed by atoms with Crippen LogP contribution in [0.5, 0.6) is 0 Å². The Morgan fingerprint density at radius 1 is 1.29 bits per heavy atom. The molecule has 2 aliphatic rings. The van der Waals surface area contributed by atoms with E-state index in [1.54, 1.807) is 38.6 Å². The number of rotatable bonds is 4. The third kappa shape index (κ3) is 3.79. The highest BCUT2D eigenvalue weighted by atomic mass is 35.5. The number of fused-ring (bicyclic) bond motifs is 1. The molecule has 31 heavy (non-hydrogen) atoms. The molecule has 1 amide bonds. The first-order valence-corrected chi connectivity index (χ1v) is 12.6. The molecule has 0 radical (unpaired) electrons. The Labute approximate surface area is 194 Å². The molecule has 0 bridgehead atoms. The first-order valence-electron chi connectivity index (χ1n) is 10.5. The number of hydrazone groups is 1. The van der Waals surface area contributed by atoms with Crippen LogP contribution in [0.1, 0.15) is 53.0 Å². The molecule has 0 aromatic carbocycles. The third-order valence-corrected chi connectivity index (χ3v) is 7.95. The molecule has 160 valence electrons. The molecule has 0 N–H and O–H groups in total. The molecule has 0 unspecified atom stereocenters. The first-order chi connectivity index (χ1) is 15.0. The Kier molecular flexibility index (Phi) is 5.58. The zero-order valence-corrected chi connectivity index (χ0v) is 19.8. The van der Waals surface area contributed by atoms with Crippen LogP contribution in [0.4, 0.5) is 0 Å². The number of amides is 1. The summed E-state index contributed by atoms with van der Waals surface area (Å²) in [5.74, 6) is 0.459. The highest BCUT2D eigenvalue weighted by molar-refractivity contribution is 7.11. The number of hydrogen-bond acceptors (Lipinski definition) is 5. The van der Waals surface area contributed by atoms with E-state index in [2.05, 4.69) is 47.1 Å². The molecular weight excluding hydrogens is 448 g/mol. The predicted molar refractivity (Wildman–Crippen MR) is 128 cm³/mol. The smallest absolute Gasteiger partial charge is 0.271 e. The molecule has 1 saturated carbocycles. The van der Waals surface area contributed by atoms with Gasteiger partial charge in [0.05, 0.1) is 16.8 Å². The van der Waals surface area contributed by atoms with Crippen LogP contribution in [-0.2, 0) is 6.54 Å². The van der Waals surface area contributed by atoms with E-state index < -0.39 is 0 Å². The molecule has 5 nitrogen and oxygen atoms in total. The molecule has 4 heterocycles. The highest BCUT2D eigenvalue weighted by Crippen LogP contribution is 2.47. The van der Waals surface area contributed by atoms with E-state index in [0.717, 1.165) is 23.4 Å². The number of carbonyl (C=O) groups excluding carboxylic acids is 1. The minimum absolute atomic E-state index is 0.125. The summed E-state index contributed by atoms with van der Waals surface area (Å²) < 4.78 is 1.69. The molecular formula is C23H23ClN4OS2. The van der Waals surface area contributed by atoms with E-state index in [9.17, 15) is 4.79 Å². The van der Waals surface area contributed by atoms with Crippen molar-refractivity contribution < 1.29 is 4.79 Å². The van der Waals surface area contributed by atoms with Crippen LogP contribution in [0, 0.1) is 11.8 Å². The molecule has 3 aromatic heterocycles. The fourth-order valence-electron chi connectivity index (χ4n) is 4.55. The van der Waals surface area contributed by atoms with Gasteiger partial charge in [-0.05, 0) is 60.2 Å². The molecule has 1 aliphatic heterocycles. The van der Waals surface area contributed by atoms with E-state index >= 15 is 0 Å². The van der Waals surface area contributed by atoms with Crippen molar-refractivity contribution in [3.63, 3.8) is 0 Å². The summed E-state index contributed by atoms with van der Waals surface area (Å²) in [5.41, 5.74) is 2.53. The lowest BCUT2D eigenvalue weighted by Crippen LogP contribution is -2.33. The van der Waals surface area contributed by atoms with E-state index in [4.69, 9.17) is 16.7 Å². The maximum absolute atomic E-state index is 13.6. The van der Waals surface area contributed by atoms with Crippen LogP contribution in [0.15, 0.2) is 51.9 Å². The van der Waals surface area contributed by atoms with Gasteiger partial charge in [-0.15, -0.1) is 22.7 Å². The van der Waals surface area contributed by atoms with Gasteiger partial charge in [-0.25, -0.2) is 5.01 Å². The Bertz CT molecular complexity index is 1150. The summed E-state index contributed by atoms with van der Waals surface area (Å²) in [6, 6.07) is 8.20. The van der Waals surface area contributed by atoms with Gasteiger partial charge in [0.25, 0.3) is 5.91 Å². The van der Waals surface area contributed by atoms with Crippen molar-refractivity contribution in [2.75, 3.05) is 0 Å². The van der Waals surface area contributed by atoms with E-state index in [-0.39, 0.29) is 23.6 Å². The maximum atomic E-state index is 13.6. The van der Waals surface area contributed by atoms with Gasteiger partial charge in [-0.1, -0.05) is 30.7 Å². The second kappa shape index (κ2) is 8.37. The summed E-state index contributed by atoms with van der Waals surface area (Å²) >= 11 is 9.77. The van der Waals surface area contributed by atoms with E-state index in [1.807, 2.05) is 13.0 Å². The molecule has 3 aromatic rings. The van der Waals surface area contributed by atoms with Crippen molar-refractivity contribution in [2.24, 2.45) is 16.9 Å². The topological polar surface area (TPSA) is 50.5 Å². The normalized spacial score (nSPS) is 24.5. The summed E-state index contributed by atoms with van der Waals surface area (Å²) in [4.78, 5) is 16.0. The monoisotopic (exact) mass is 470 g/mol. The fourth-order valence-corrected chi connectivity index (χ4v) is 6.34. The van der Waals surface area contributed by atoms with Crippen molar-refractivity contribution in [1.29, 1.82) is 0 Å². The highest BCUT2D eigenvalue weighted by Gasteiger charge is 2.46. The maximum Gasteiger partial charge on any atom is 0.296 e. The largest absolute Gasteiger partial charge is 0.296 e. The van der Waals surface area contributed by atoms with Crippen LogP contribution in [-0.4, -0.2) is 26.4 Å². The van der Waals surface area contributed by atoms with Crippen LogP contribution in [0.25, 0.3) is 6.08 Å². The molecule has 0 spiro atoms. The van der Waals surface area contributed by atoms with Crippen molar-refractivity contribution in [1.82, 2.24) is 14.8 Å². The van der Waals surface area contributed by atoms with Gasteiger partial charge in [0.2, 0.25) is 0 Å². The van der Waals surface area contributed by atoms with Crippen molar-refractivity contribution in [2.45, 2.75) is 39.3 Å². The fraction of sp³-hybridized carbons (Fsp3) is 0.348. The quantitative estimate of drug-likeness (QED) is 0.445. The lowest BCUT2D eigenvalue weighted by Gasteiger charge is -2.31. The second-order valence-corrected chi connectivity index (χ2v) is 10.5. The number of thiophene rings is 2. The minimum Gasteiger partial charge on any atom is -0.271 e. The van der Waals surface area contributed by atoms with Crippen LogP contribution in [0.2, 0.25) is 5.02 Å². The molecule has 0 saturated heterocycles. The van der Waals surface area contributed by atoms with Gasteiger partial charge in [0.1, 0.15) is 0 Å². The Morgan fingerprint density at radius 2 is 2.10 bits per heavy atom. The number of aromatic nitrogens is 2. The number of nitrogens with zero attached hydrogens (tertiary/aromatic N) is 4. The van der Waals surface area contributed by atoms with Gasteiger partial charge in [0.15, 0.2) is 5.69 Å². The second-order valence-electron chi connectivity index (χ2n) is 8.11. The van der Waals surface area contributed by atoms with Crippen molar-refractivity contribution >= 4 is 52.0 Å². The molecule has 1 fully saturated rings. The standard InChI is InChI=1S/C23H23ClN4OS2/c1-3-27-13-18(24)21(25-27)23(29)28-22(19-7-5-9-31-19)17-11-14(2)10-15(20(17)26-28)12-16-6-4-8-30-16/h4-9,12-14,17,22H,3,10-11H2,1-2H3/b15-12+/t14-,17+,22+/m0/s1. The number of hydrogen-bond donors (Lipinski definition) is 0. The van der Waals surface area contributed by atoms with Gasteiger partial charge >= 0.3 is 0 Å². The van der Waals surface area contributed by atoms with E-state index in [0.29, 0.717) is 17.5 Å². The lowest BCUT2D eigenvalue weighted by atomic mass is 9.74. The summed E-state index contributed by atoms with van der Waals surface area (Å²) in [6.07, 6.45) is 5.92. The average Bonchev–Trinajstić information content (AvgIpc) is 3.53. The van der Waals surface area contributed by atoms with Gasteiger partial charge in [0, 0.05) is 28.4 Å². The number of allylic oxidation sites excluding steroid dienone is 1. The van der Waals surface area contributed by atoms with Crippen LogP contribution in [0.3, 0.4) is 0 Å². The average molecular weight is 471 g/mol. The SMILES string of the molecule is CCn1cc(Cl)c(C(=O)N2N=C3/C(=C/c4cccs4)C[C@H](C)C[C@H]3[C@@H]2c2cccs2)n1. The molecule has 8 heteroatoms. The zero-order valence-electron chi connectivity index (χ0n) is 17.4. The Hall–Kier alpha value is -2.22. The lowest BCUT2D eigenvalue weighted by molar-refractivity contribution is 0.0673. The van der Waals surface area contributed by atoms with Crippen LogP contribution >= 0.6 is 34.3 Å². The Morgan fingerprint density at radius 3 is 2.77 bits per heavy atom. The van der Waals surface area contributed by atoms with E-state index in [1.165, 1.54) is 10.5 Å². The summed E-state index contributed by atoms with van der Waals surface area (Å²) in [6.45, 7) is 4.91. The van der Waals surface area contributed by atoms with Crippen molar-refractivity contribution in [3.8, 4) is 0 Å². The third-order valence-electron chi connectivity index (χ3n) is 5.91. The number of halogens is 1. The Balaban J connectivity index is 1.59. The van der Waals surface area contributed by atoms with Gasteiger partial charge < -0.3 is 0 Å². The minimum atomic E-state index is -0.236. The summed E-state index contributed by atoms with van der Waals surface area (Å²) in [7, 11) is 0. The number of aryl methyl sites for hydroxylation is 1. The van der Waals surface area contributed by atoms with Crippen molar-refractivity contribution in [3.05, 3.63) is 67.3 Å². The number of carbonyl (C=O) groups is 1. The van der Waals surface area contributed by atoms with Gasteiger partial charge in [-0.3, -0.25) is 9.48 Å². The molecule has 5 rings (SSSR count). The molecule has 3 atom stereocenters. The van der Waals surface area contributed by atoms with Crippen LogP contribution < -0.4 is 0 Å². The first kappa shape index (κ1) is 20.7. The summed E-state index contributed by atoms with van der Waals surface area (Å²) in [5, 5.41) is 15.5. The van der Waals surface area contributed by atoms with Gasteiger partial charge in [-0.2, -0.15) is 10.2 Å². The molecule has 1 aliphatic carbocycles.